The van der Waals surface area contributed by atoms with Gasteiger partial charge >= 0.3 is 6.61 Å². The molecular formula is C13H9BrF2O. The molecular weight excluding hydrogens is 290 g/mol. The quantitative estimate of drug-likeness (QED) is 0.797. The molecule has 2 aromatic rings. The summed E-state index contributed by atoms with van der Waals surface area (Å²) in [5.74, 6) is 0.166. The molecule has 0 unspecified atom stereocenters. The van der Waals surface area contributed by atoms with Crippen molar-refractivity contribution < 1.29 is 13.5 Å². The minimum Gasteiger partial charge on any atom is -0.435 e. The third-order valence-corrected chi connectivity index (χ3v) is 2.73. The number of alkyl halides is 2. The van der Waals surface area contributed by atoms with Crippen LogP contribution in [0.3, 0.4) is 0 Å². The summed E-state index contributed by atoms with van der Waals surface area (Å²) in [5.41, 5.74) is 1.97. The molecule has 17 heavy (non-hydrogen) atoms. The Labute approximate surface area is 106 Å². The van der Waals surface area contributed by atoms with Gasteiger partial charge in [-0.2, -0.15) is 8.78 Å². The highest BCUT2D eigenvalue weighted by molar-refractivity contribution is 9.10. The number of ether oxygens (including phenoxy) is 1. The van der Waals surface area contributed by atoms with Gasteiger partial charge in [-0.25, -0.2) is 0 Å². The molecule has 4 heteroatoms. The van der Waals surface area contributed by atoms with E-state index in [1.807, 2.05) is 24.3 Å². The molecule has 0 saturated heterocycles. The highest BCUT2D eigenvalue weighted by Crippen LogP contribution is 2.25. The van der Waals surface area contributed by atoms with Crippen molar-refractivity contribution in [3.8, 4) is 16.9 Å². The van der Waals surface area contributed by atoms with Crippen molar-refractivity contribution in [1.82, 2.24) is 0 Å². The summed E-state index contributed by atoms with van der Waals surface area (Å²) in [7, 11) is 0. The Morgan fingerprint density at radius 3 is 2.24 bits per heavy atom. The second kappa shape index (κ2) is 5.27. The monoisotopic (exact) mass is 298 g/mol. The average molecular weight is 299 g/mol. The maximum Gasteiger partial charge on any atom is 0.387 e. The first-order valence-corrected chi connectivity index (χ1v) is 5.75. The van der Waals surface area contributed by atoms with Crippen molar-refractivity contribution in [3.63, 3.8) is 0 Å². The van der Waals surface area contributed by atoms with E-state index in [-0.39, 0.29) is 5.75 Å². The smallest absolute Gasteiger partial charge is 0.387 e. The number of hydrogen-bond donors (Lipinski definition) is 0. The molecule has 0 spiro atoms. The normalized spacial score (nSPS) is 10.6. The molecule has 0 aliphatic carbocycles. The van der Waals surface area contributed by atoms with Crippen LogP contribution in [-0.2, 0) is 0 Å². The van der Waals surface area contributed by atoms with E-state index in [1.54, 1.807) is 12.1 Å². The van der Waals surface area contributed by atoms with Gasteiger partial charge in [0.25, 0.3) is 0 Å². The van der Waals surface area contributed by atoms with Gasteiger partial charge in [-0.3, -0.25) is 0 Å². The van der Waals surface area contributed by atoms with Gasteiger partial charge in [0.2, 0.25) is 0 Å². The van der Waals surface area contributed by atoms with Gasteiger partial charge in [-0.1, -0.05) is 40.2 Å². The van der Waals surface area contributed by atoms with Crippen molar-refractivity contribution >= 4 is 15.9 Å². The lowest BCUT2D eigenvalue weighted by atomic mass is 10.1. The van der Waals surface area contributed by atoms with Crippen LogP contribution in [-0.4, -0.2) is 6.61 Å². The van der Waals surface area contributed by atoms with E-state index in [0.717, 1.165) is 15.6 Å². The summed E-state index contributed by atoms with van der Waals surface area (Å²) in [6.45, 7) is -2.79. The van der Waals surface area contributed by atoms with Crippen LogP contribution in [0.2, 0.25) is 0 Å². The lowest BCUT2D eigenvalue weighted by Crippen LogP contribution is -2.01. The summed E-state index contributed by atoms with van der Waals surface area (Å²) in [5, 5.41) is 0. The molecule has 0 aromatic heterocycles. The minimum atomic E-state index is -2.79. The van der Waals surface area contributed by atoms with Gasteiger partial charge in [-0.05, 0) is 35.4 Å². The summed E-state index contributed by atoms with van der Waals surface area (Å²) < 4.78 is 29.2. The molecule has 0 radical (unpaired) electrons. The largest absolute Gasteiger partial charge is 0.435 e. The maximum absolute atomic E-state index is 12.0. The van der Waals surface area contributed by atoms with Gasteiger partial charge in [0.05, 0.1) is 0 Å². The summed E-state index contributed by atoms with van der Waals surface area (Å²) in [6.07, 6.45) is 0. The molecule has 1 nitrogen and oxygen atoms in total. The van der Waals surface area contributed by atoms with Gasteiger partial charge in [-0.15, -0.1) is 0 Å². The highest BCUT2D eigenvalue weighted by Gasteiger charge is 2.04. The zero-order chi connectivity index (χ0) is 12.3. The lowest BCUT2D eigenvalue weighted by molar-refractivity contribution is -0.0498. The number of hydrogen-bond acceptors (Lipinski definition) is 1. The average Bonchev–Trinajstić information content (AvgIpc) is 2.29. The predicted octanol–water partition coefficient (Wildman–Crippen LogP) is 4.72. The molecule has 0 saturated carbocycles. The summed E-state index contributed by atoms with van der Waals surface area (Å²) >= 11 is 3.38. The van der Waals surface area contributed by atoms with E-state index >= 15 is 0 Å². The zero-order valence-corrected chi connectivity index (χ0v) is 10.3. The molecule has 2 rings (SSSR count). The number of benzene rings is 2. The van der Waals surface area contributed by atoms with Crippen LogP contribution >= 0.6 is 15.9 Å². The van der Waals surface area contributed by atoms with E-state index in [4.69, 9.17) is 0 Å². The van der Waals surface area contributed by atoms with Crippen LogP contribution in [0.5, 0.6) is 5.75 Å². The molecule has 0 amide bonds. The second-order valence-electron chi connectivity index (χ2n) is 3.41. The molecule has 88 valence electrons. The van der Waals surface area contributed by atoms with Crippen molar-refractivity contribution in [2.75, 3.05) is 0 Å². The summed E-state index contributed by atoms with van der Waals surface area (Å²) in [6, 6.07) is 14.3. The van der Waals surface area contributed by atoms with Crippen molar-refractivity contribution in [2.45, 2.75) is 6.61 Å². The first-order chi connectivity index (χ1) is 8.15. The molecule has 0 N–H and O–H groups in total. The van der Waals surface area contributed by atoms with E-state index in [0.29, 0.717) is 0 Å². The topological polar surface area (TPSA) is 9.23 Å². The Kier molecular flexibility index (Phi) is 3.74. The van der Waals surface area contributed by atoms with E-state index in [9.17, 15) is 8.78 Å². The van der Waals surface area contributed by atoms with Gasteiger partial charge < -0.3 is 4.74 Å². The third-order valence-electron chi connectivity index (χ3n) is 2.24. The fourth-order valence-corrected chi connectivity index (χ4v) is 1.90. The Bertz CT molecular complexity index is 497. The fourth-order valence-electron chi connectivity index (χ4n) is 1.50. The maximum atomic E-state index is 12.0. The Balaban J connectivity index is 2.23. The van der Waals surface area contributed by atoms with Crippen molar-refractivity contribution in [2.24, 2.45) is 0 Å². The van der Waals surface area contributed by atoms with Gasteiger partial charge in [0.15, 0.2) is 0 Å². The molecule has 0 heterocycles. The molecule has 0 fully saturated rings. The van der Waals surface area contributed by atoms with Gasteiger partial charge in [0, 0.05) is 4.47 Å². The zero-order valence-electron chi connectivity index (χ0n) is 8.74. The molecule has 0 aliphatic heterocycles. The standard InChI is InChI=1S/C13H9BrF2O/c14-11-3-1-2-10(8-11)9-4-6-12(7-5-9)17-13(15)16/h1-8,13H. The Hall–Kier alpha value is -1.42. The molecule has 0 aliphatic rings. The van der Waals surface area contributed by atoms with E-state index in [1.165, 1.54) is 12.1 Å². The van der Waals surface area contributed by atoms with Crippen LogP contribution in [0.1, 0.15) is 0 Å². The fraction of sp³-hybridized carbons (Fsp3) is 0.0769. The van der Waals surface area contributed by atoms with Crippen LogP contribution < -0.4 is 4.74 Å². The first kappa shape index (κ1) is 12.0. The molecule has 2 aromatic carbocycles. The van der Waals surface area contributed by atoms with Crippen molar-refractivity contribution in [1.29, 1.82) is 0 Å². The van der Waals surface area contributed by atoms with Crippen LogP contribution in [0.25, 0.3) is 11.1 Å². The van der Waals surface area contributed by atoms with Crippen molar-refractivity contribution in [3.05, 3.63) is 53.0 Å². The number of halogens is 3. The second-order valence-corrected chi connectivity index (χ2v) is 4.33. The Morgan fingerprint density at radius 2 is 1.65 bits per heavy atom. The van der Waals surface area contributed by atoms with Crippen LogP contribution in [0.15, 0.2) is 53.0 Å². The van der Waals surface area contributed by atoms with Crippen LogP contribution in [0, 0.1) is 0 Å². The van der Waals surface area contributed by atoms with E-state index < -0.39 is 6.61 Å². The highest BCUT2D eigenvalue weighted by atomic mass is 79.9. The summed E-state index contributed by atoms with van der Waals surface area (Å²) in [4.78, 5) is 0. The molecule has 0 atom stereocenters. The number of rotatable bonds is 3. The minimum absolute atomic E-state index is 0.166. The first-order valence-electron chi connectivity index (χ1n) is 4.96. The van der Waals surface area contributed by atoms with E-state index in [2.05, 4.69) is 20.7 Å². The predicted molar refractivity (Wildman–Crippen MR) is 66.2 cm³/mol. The molecule has 0 bridgehead atoms. The van der Waals surface area contributed by atoms with Gasteiger partial charge in [0.1, 0.15) is 5.75 Å². The Morgan fingerprint density at radius 1 is 0.941 bits per heavy atom. The lowest BCUT2D eigenvalue weighted by Gasteiger charge is -2.06. The third kappa shape index (κ3) is 3.27. The van der Waals surface area contributed by atoms with Crippen LogP contribution in [0.4, 0.5) is 8.78 Å². The SMILES string of the molecule is FC(F)Oc1ccc(-c2cccc(Br)c2)cc1.